The van der Waals surface area contributed by atoms with E-state index in [2.05, 4.69) is 4.98 Å². The molecule has 1 N–H and O–H groups in total. The second-order valence-corrected chi connectivity index (χ2v) is 6.33. The van der Waals surface area contributed by atoms with E-state index in [4.69, 9.17) is 0 Å². The molecule has 0 aliphatic heterocycles. The van der Waals surface area contributed by atoms with Gasteiger partial charge in [0.1, 0.15) is 0 Å². The lowest BCUT2D eigenvalue weighted by molar-refractivity contribution is 0.277. The zero-order chi connectivity index (χ0) is 19.1. The maximum absolute atomic E-state index is 12.6. The van der Waals surface area contributed by atoms with Crippen LogP contribution in [0.1, 0.15) is 11.3 Å². The minimum Gasteiger partial charge on any atom is -0.395 e. The van der Waals surface area contributed by atoms with Crippen molar-refractivity contribution in [2.45, 2.75) is 6.54 Å². The van der Waals surface area contributed by atoms with Crippen molar-refractivity contribution in [1.29, 1.82) is 0 Å². The number of rotatable bonds is 4. The van der Waals surface area contributed by atoms with E-state index in [1.807, 2.05) is 47.1 Å². The molecule has 0 unspecified atom stereocenters. The zero-order valence-corrected chi connectivity index (χ0v) is 15.0. The largest absolute Gasteiger partial charge is 0.395 e. The van der Waals surface area contributed by atoms with Crippen LogP contribution in [-0.4, -0.2) is 34.8 Å². The Labute approximate surface area is 153 Å². The highest BCUT2D eigenvalue weighted by atomic mass is 16.3. The van der Waals surface area contributed by atoms with Gasteiger partial charge in [-0.1, -0.05) is 36.4 Å². The molecule has 0 atom stereocenters. The van der Waals surface area contributed by atoms with Crippen LogP contribution in [0.4, 0.5) is 0 Å². The molecule has 0 aliphatic rings. The molecular formula is C19H19N5O3. The van der Waals surface area contributed by atoms with E-state index in [9.17, 15) is 14.7 Å². The Bertz CT molecular complexity index is 1290. The zero-order valence-electron chi connectivity index (χ0n) is 15.0. The van der Waals surface area contributed by atoms with Crippen LogP contribution in [0.2, 0.25) is 0 Å². The Morgan fingerprint density at radius 3 is 2.52 bits per heavy atom. The predicted molar refractivity (Wildman–Crippen MR) is 104 cm³/mol. The third-order valence-electron chi connectivity index (χ3n) is 4.66. The normalized spacial score (nSPS) is 12.0. The average Bonchev–Trinajstić information content (AvgIpc) is 3.21. The first-order valence-corrected chi connectivity index (χ1v) is 8.54. The highest BCUT2D eigenvalue weighted by molar-refractivity contribution is 5.77. The lowest BCUT2D eigenvalue weighted by atomic mass is 10.2. The minimum atomic E-state index is -0.425. The summed E-state index contributed by atoms with van der Waals surface area (Å²) in [5.41, 5.74) is 1.67. The number of hydrogen-bond donors (Lipinski definition) is 1. The van der Waals surface area contributed by atoms with Gasteiger partial charge in [0.05, 0.1) is 12.3 Å². The van der Waals surface area contributed by atoms with Gasteiger partial charge in [0.2, 0.25) is 5.78 Å². The number of imidazole rings is 2. The monoisotopic (exact) mass is 365 g/mol. The van der Waals surface area contributed by atoms with Crippen molar-refractivity contribution >= 4 is 29.1 Å². The summed E-state index contributed by atoms with van der Waals surface area (Å²) in [6.07, 6.45) is 5.67. The number of fused-ring (bicyclic) bond motifs is 3. The van der Waals surface area contributed by atoms with Gasteiger partial charge in [-0.25, -0.2) is 4.79 Å². The van der Waals surface area contributed by atoms with Gasteiger partial charge < -0.3 is 9.67 Å². The molecule has 8 nitrogen and oxygen atoms in total. The van der Waals surface area contributed by atoms with Crippen LogP contribution >= 0.6 is 0 Å². The van der Waals surface area contributed by atoms with Gasteiger partial charge in [0, 0.05) is 26.8 Å². The third kappa shape index (κ3) is 2.61. The standard InChI is InChI=1S/C19H19N5O3/c1-21-16-15(17(26)22(2)19(21)27)24-12-14(23(10-11-25)18(24)20-16)9-8-13-6-4-3-5-7-13/h3-9,12,25H,10-11H2,1-2H3/b9-8+. The van der Waals surface area contributed by atoms with Gasteiger partial charge in [-0.15, -0.1) is 0 Å². The Balaban J connectivity index is 1.99. The first-order chi connectivity index (χ1) is 13.0. The Morgan fingerprint density at radius 2 is 1.81 bits per heavy atom. The SMILES string of the molecule is Cn1c(=O)c2c(nc3n(CCO)c(/C=C/c4ccccc4)cn23)n(C)c1=O. The van der Waals surface area contributed by atoms with Crippen molar-refractivity contribution in [3.8, 4) is 0 Å². The van der Waals surface area contributed by atoms with Gasteiger partial charge in [-0.2, -0.15) is 4.98 Å². The molecule has 0 amide bonds. The van der Waals surface area contributed by atoms with Crippen LogP contribution in [0.5, 0.6) is 0 Å². The summed E-state index contributed by atoms with van der Waals surface area (Å²) in [7, 11) is 3.04. The Kier molecular flexibility index (Phi) is 4.04. The van der Waals surface area contributed by atoms with E-state index in [0.717, 1.165) is 15.8 Å². The lowest BCUT2D eigenvalue weighted by Crippen LogP contribution is -2.37. The van der Waals surface area contributed by atoms with Crippen LogP contribution in [0.15, 0.2) is 46.1 Å². The second kappa shape index (κ2) is 6.40. The number of aliphatic hydroxyl groups is 1. The van der Waals surface area contributed by atoms with E-state index < -0.39 is 11.2 Å². The van der Waals surface area contributed by atoms with E-state index in [1.54, 1.807) is 17.6 Å². The van der Waals surface area contributed by atoms with Crippen molar-refractivity contribution < 1.29 is 5.11 Å². The van der Waals surface area contributed by atoms with E-state index in [-0.39, 0.29) is 6.61 Å². The Morgan fingerprint density at radius 1 is 1.07 bits per heavy atom. The maximum atomic E-state index is 12.6. The van der Waals surface area contributed by atoms with E-state index in [0.29, 0.717) is 23.5 Å². The quantitative estimate of drug-likeness (QED) is 0.581. The maximum Gasteiger partial charge on any atom is 0.332 e. The highest BCUT2D eigenvalue weighted by Crippen LogP contribution is 2.18. The average molecular weight is 365 g/mol. The van der Waals surface area contributed by atoms with Crippen molar-refractivity contribution in [3.63, 3.8) is 0 Å². The molecule has 0 saturated carbocycles. The molecule has 3 aromatic heterocycles. The summed E-state index contributed by atoms with van der Waals surface area (Å²) in [5, 5.41) is 9.48. The van der Waals surface area contributed by atoms with Crippen LogP contribution in [0.25, 0.3) is 29.1 Å². The number of aliphatic hydroxyl groups excluding tert-OH is 1. The summed E-state index contributed by atoms with van der Waals surface area (Å²) in [6.45, 7) is 0.249. The summed E-state index contributed by atoms with van der Waals surface area (Å²) < 4.78 is 5.92. The molecule has 0 aliphatic carbocycles. The smallest absolute Gasteiger partial charge is 0.332 e. The fraction of sp³-hybridized carbons (Fsp3) is 0.211. The summed E-state index contributed by atoms with van der Waals surface area (Å²) in [5.74, 6) is 0.505. The molecule has 0 bridgehead atoms. The molecule has 0 fully saturated rings. The molecule has 4 aromatic rings. The molecule has 3 heterocycles. The number of aryl methyl sites for hydroxylation is 1. The number of nitrogens with zero attached hydrogens (tertiary/aromatic N) is 5. The number of aromatic nitrogens is 5. The molecule has 0 spiro atoms. The molecule has 27 heavy (non-hydrogen) atoms. The second-order valence-electron chi connectivity index (χ2n) is 6.33. The molecule has 0 radical (unpaired) electrons. The van der Waals surface area contributed by atoms with Gasteiger partial charge in [0.25, 0.3) is 5.56 Å². The topological polar surface area (TPSA) is 86.5 Å². The van der Waals surface area contributed by atoms with Gasteiger partial charge in [0.15, 0.2) is 11.2 Å². The number of hydrogen-bond acceptors (Lipinski definition) is 4. The van der Waals surface area contributed by atoms with Crippen LogP contribution < -0.4 is 11.2 Å². The molecular weight excluding hydrogens is 346 g/mol. The Hall–Kier alpha value is -3.39. The van der Waals surface area contributed by atoms with Gasteiger partial charge in [-0.3, -0.25) is 18.3 Å². The predicted octanol–water partition coefficient (Wildman–Crippen LogP) is 0.849. The van der Waals surface area contributed by atoms with E-state index >= 15 is 0 Å². The molecule has 1 aromatic carbocycles. The van der Waals surface area contributed by atoms with Gasteiger partial charge in [-0.05, 0) is 11.6 Å². The fourth-order valence-electron chi connectivity index (χ4n) is 3.24. The van der Waals surface area contributed by atoms with Crippen LogP contribution in [-0.2, 0) is 20.6 Å². The van der Waals surface area contributed by atoms with Crippen molar-refractivity contribution in [2.75, 3.05) is 6.61 Å². The summed E-state index contributed by atoms with van der Waals surface area (Å²) >= 11 is 0. The van der Waals surface area contributed by atoms with Crippen LogP contribution in [0.3, 0.4) is 0 Å². The molecule has 8 heteroatoms. The summed E-state index contributed by atoms with van der Waals surface area (Å²) in [6, 6.07) is 9.84. The first kappa shape index (κ1) is 17.0. The molecule has 138 valence electrons. The minimum absolute atomic E-state index is 0.0728. The molecule has 4 rings (SSSR count). The van der Waals surface area contributed by atoms with Crippen molar-refractivity contribution in [1.82, 2.24) is 23.1 Å². The lowest BCUT2D eigenvalue weighted by Gasteiger charge is -2.03. The summed E-state index contributed by atoms with van der Waals surface area (Å²) in [4.78, 5) is 29.3. The highest BCUT2D eigenvalue weighted by Gasteiger charge is 2.19. The third-order valence-corrected chi connectivity index (χ3v) is 4.66. The van der Waals surface area contributed by atoms with Crippen molar-refractivity contribution in [2.24, 2.45) is 14.1 Å². The van der Waals surface area contributed by atoms with Crippen molar-refractivity contribution in [3.05, 3.63) is 68.6 Å². The number of benzene rings is 1. The fourth-order valence-corrected chi connectivity index (χ4v) is 3.24. The van der Waals surface area contributed by atoms with E-state index in [1.165, 1.54) is 11.6 Å². The van der Waals surface area contributed by atoms with Crippen LogP contribution in [0, 0.1) is 0 Å². The molecule has 0 saturated heterocycles. The first-order valence-electron chi connectivity index (χ1n) is 8.54. The van der Waals surface area contributed by atoms with Gasteiger partial charge >= 0.3 is 5.69 Å².